The van der Waals surface area contributed by atoms with E-state index in [1.54, 1.807) is 0 Å². The van der Waals surface area contributed by atoms with E-state index in [9.17, 15) is 13.2 Å². The Kier molecular flexibility index (Phi) is 2.98. The first-order chi connectivity index (χ1) is 8.25. The highest BCUT2D eigenvalue weighted by Crippen LogP contribution is 2.33. The lowest BCUT2D eigenvalue weighted by molar-refractivity contribution is 0.0691. The molecule has 2 N–H and O–H groups in total. The van der Waals surface area contributed by atoms with Crippen LogP contribution in [0.15, 0.2) is 17.2 Å². The summed E-state index contributed by atoms with van der Waals surface area (Å²) in [7, 11) is -3.62. The van der Waals surface area contributed by atoms with Gasteiger partial charge in [0.25, 0.3) is 0 Å². The molecule has 1 aliphatic rings. The molecule has 0 bridgehead atoms. The molecule has 1 fully saturated rings. The third-order valence-electron chi connectivity index (χ3n) is 3.30. The van der Waals surface area contributed by atoms with Gasteiger partial charge in [-0.15, -0.1) is 0 Å². The molecule has 0 amide bonds. The molecule has 0 unspecified atom stereocenters. The maximum absolute atomic E-state index is 12.4. The van der Waals surface area contributed by atoms with Gasteiger partial charge in [0.1, 0.15) is 10.6 Å². The summed E-state index contributed by atoms with van der Waals surface area (Å²) in [6, 6.07) is 1.16. The fraction of sp³-hybridized carbons (Fsp3) is 0.545. The number of carbonyl (C=O) groups is 1. The molecule has 2 heterocycles. The molecule has 0 spiro atoms. The van der Waals surface area contributed by atoms with Crippen LogP contribution >= 0.6 is 0 Å². The quantitative estimate of drug-likeness (QED) is 0.867. The van der Waals surface area contributed by atoms with Crippen LogP contribution in [0, 0.1) is 0 Å². The highest BCUT2D eigenvalue weighted by Gasteiger charge is 2.41. The topological polar surface area (TPSA) is 90.5 Å². The molecular formula is C11H16N2O4S. The molecule has 0 atom stereocenters. The van der Waals surface area contributed by atoms with Crippen LogP contribution in [0.25, 0.3) is 0 Å². The van der Waals surface area contributed by atoms with Gasteiger partial charge in [0.05, 0.1) is 0 Å². The van der Waals surface area contributed by atoms with Gasteiger partial charge in [-0.2, -0.15) is 4.31 Å². The minimum Gasteiger partial charge on any atom is -0.477 e. The Morgan fingerprint density at radius 2 is 2.17 bits per heavy atom. The van der Waals surface area contributed by atoms with Crippen molar-refractivity contribution < 1.29 is 18.3 Å². The fourth-order valence-electron chi connectivity index (χ4n) is 2.30. The summed E-state index contributed by atoms with van der Waals surface area (Å²) in [5, 5.41) is 8.79. The number of carboxylic acid groups (broad SMARTS) is 1. The minimum absolute atomic E-state index is 0.00914. The van der Waals surface area contributed by atoms with Crippen LogP contribution in [-0.4, -0.2) is 40.9 Å². The maximum Gasteiger partial charge on any atom is 0.352 e. The smallest absolute Gasteiger partial charge is 0.352 e. The molecule has 1 aromatic rings. The van der Waals surface area contributed by atoms with E-state index in [1.807, 2.05) is 13.8 Å². The number of rotatable bonds is 3. The number of aromatic nitrogens is 1. The average molecular weight is 272 g/mol. The summed E-state index contributed by atoms with van der Waals surface area (Å²) in [5.41, 5.74) is -0.537. The van der Waals surface area contributed by atoms with E-state index in [0.29, 0.717) is 6.54 Å². The van der Waals surface area contributed by atoms with Gasteiger partial charge < -0.3 is 10.1 Å². The van der Waals surface area contributed by atoms with E-state index < -0.39 is 21.5 Å². The van der Waals surface area contributed by atoms with E-state index in [2.05, 4.69) is 4.98 Å². The summed E-state index contributed by atoms with van der Waals surface area (Å²) < 4.78 is 26.2. The molecule has 1 saturated heterocycles. The standard InChI is InChI=1S/C11H16N2O4S/c1-11(2)4-3-5-13(11)18(16,17)8-6-9(10(14)15)12-7-8/h6-7,12H,3-5H2,1-2H3,(H,14,15). The van der Waals surface area contributed by atoms with Crippen LogP contribution in [-0.2, 0) is 10.0 Å². The SMILES string of the molecule is CC1(C)CCCN1S(=O)(=O)c1c[nH]c(C(=O)O)c1. The number of hydrogen-bond donors (Lipinski definition) is 2. The van der Waals surface area contributed by atoms with Gasteiger partial charge in [-0.1, -0.05) is 0 Å². The van der Waals surface area contributed by atoms with Crippen molar-refractivity contribution in [3.63, 3.8) is 0 Å². The Morgan fingerprint density at radius 1 is 1.50 bits per heavy atom. The first-order valence-corrected chi connectivity index (χ1v) is 7.14. The molecule has 0 radical (unpaired) electrons. The Hall–Kier alpha value is -1.34. The van der Waals surface area contributed by atoms with Crippen molar-refractivity contribution in [1.29, 1.82) is 0 Å². The van der Waals surface area contributed by atoms with Crippen molar-refractivity contribution >= 4 is 16.0 Å². The van der Waals surface area contributed by atoms with Crippen molar-refractivity contribution in [3.05, 3.63) is 18.0 Å². The molecular weight excluding hydrogens is 256 g/mol. The Balaban J connectivity index is 2.39. The Labute approximate surface area is 106 Å². The molecule has 0 aromatic carbocycles. The zero-order chi connectivity index (χ0) is 13.6. The second kappa shape index (κ2) is 4.10. The highest BCUT2D eigenvalue weighted by atomic mass is 32.2. The lowest BCUT2D eigenvalue weighted by Gasteiger charge is -2.30. The predicted molar refractivity (Wildman–Crippen MR) is 65.0 cm³/mol. The first-order valence-electron chi connectivity index (χ1n) is 5.70. The average Bonchev–Trinajstić information content (AvgIpc) is 2.83. The number of nitrogens with zero attached hydrogens (tertiary/aromatic N) is 1. The van der Waals surface area contributed by atoms with E-state index in [0.717, 1.165) is 18.9 Å². The summed E-state index contributed by atoms with van der Waals surface area (Å²) in [4.78, 5) is 13.2. The van der Waals surface area contributed by atoms with Gasteiger partial charge in [-0.05, 0) is 32.8 Å². The van der Waals surface area contributed by atoms with Crippen molar-refractivity contribution in [2.24, 2.45) is 0 Å². The monoisotopic (exact) mass is 272 g/mol. The van der Waals surface area contributed by atoms with Crippen LogP contribution in [0.1, 0.15) is 37.2 Å². The van der Waals surface area contributed by atoms with Gasteiger partial charge >= 0.3 is 5.97 Å². The second-order valence-corrected chi connectivity index (χ2v) is 6.91. The molecule has 7 heteroatoms. The van der Waals surface area contributed by atoms with Crippen molar-refractivity contribution in [3.8, 4) is 0 Å². The Morgan fingerprint density at radius 3 is 2.61 bits per heavy atom. The Bertz CT molecular complexity index is 574. The van der Waals surface area contributed by atoms with E-state index >= 15 is 0 Å². The predicted octanol–water partition coefficient (Wildman–Crippen LogP) is 1.28. The number of carboxylic acids is 1. The summed E-state index contributed by atoms with van der Waals surface area (Å²) >= 11 is 0. The minimum atomic E-state index is -3.62. The number of nitrogens with one attached hydrogen (secondary N) is 1. The molecule has 0 aliphatic carbocycles. The molecule has 1 aromatic heterocycles. The van der Waals surface area contributed by atoms with Crippen LogP contribution in [0.2, 0.25) is 0 Å². The molecule has 1 aliphatic heterocycles. The number of H-pyrrole nitrogens is 1. The van der Waals surface area contributed by atoms with Crippen molar-refractivity contribution in [2.45, 2.75) is 37.1 Å². The molecule has 100 valence electrons. The number of hydrogen-bond acceptors (Lipinski definition) is 3. The third-order valence-corrected chi connectivity index (χ3v) is 5.39. The zero-order valence-corrected chi connectivity index (χ0v) is 11.1. The van der Waals surface area contributed by atoms with E-state index in [-0.39, 0.29) is 10.6 Å². The largest absolute Gasteiger partial charge is 0.477 e. The van der Waals surface area contributed by atoms with Crippen LogP contribution in [0.3, 0.4) is 0 Å². The van der Waals surface area contributed by atoms with Gasteiger partial charge in [0.15, 0.2) is 0 Å². The van der Waals surface area contributed by atoms with Gasteiger partial charge in [-0.3, -0.25) is 0 Å². The molecule has 0 saturated carbocycles. The lowest BCUT2D eigenvalue weighted by atomic mass is 10.0. The van der Waals surface area contributed by atoms with Crippen LogP contribution in [0.5, 0.6) is 0 Å². The third kappa shape index (κ3) is 2.04. The van der Waals surface area contributed by atoms with Crippen molar-refractivity contribution in [2.75, 3.05) is 6.54 Å². The molecule has 2 rings (SSSR count). The molecule has 18 heavy (non-hydrogen) atoms. The van der Waals surface area contributed by atoms with Gasteiger partial charge in [0, 0.05) is 18.3 Å². The van der Waals surface area contributed by atoms with Crippen LogP contribution in [0.4, 0.5) is 0 Å². The van der Waals surface area contributed by atoms with Crippen LogP contribution < -0.4 is 0 Å². The number of aromatic carboxylic acids is 1. The van der Waals surface area contributed by atoms with Gasteiger partial charge in [0.2, 0.25) is 10.0 Å². The van der Waals surface area contributed by atoms with Crippen molar-refractivity contribution in [1.82, 2.24) is 9.29 Å². The fourth-order valence-corrected chi connectivity index (χ4v) is 4.14. The zero-order valence-electron chi connectivity index (χ0n) is 10.3. The maximum atomic E-state index is 12.4. The lowest BCUT2D eigenvalue weighted by Crippen LogP contribution is -2.42. The highest BCUT2D eigenvalue weighted by molar-refractivity contribution is 7.89. The second-order valence-electron chi connectivity index (χ2n) is 5.05. The normalized spacial score (nSPS) is 20.1. The van der Waals surface area contributed by atoms with E-state index in [4.69, 9.17) is 5.11 Å². The number of sulfonamides is 1. The molecule has 6 nitrogen and oxygen atoms in total. The van der Waals surface area contributed by atoms with E-state index in [1.165, 1.54) is 10.5 Å². The first kappa shape index (κ1) is 13.1. The summed E-state index contributed by atoms with van der Waals surface area (Å²) in [5.74, 6) is -1.17. The number of aromatic amines is 1. The summed E-state index contributed by atoms with van der Waals surface area (Å²) in [6.07, 6.45) is 2.86. The van der Waals surface area contributed by atoms with Gasteiger partial charge in [-0.25, -0.2) is 13.2 Å². The summed E-state index contributed by atoms with van der Waals surface area (Å²) in [6.45, 7) is 4.23.